The molecule has 11 heteroatoms. The molecule has 0 bridgehead atoms. The highest BCUT2D eigenvalue weighted by molar-refractivity contribution is 6.00. The van der Waals surface area contributed by atoms with Crippen molar-refractivity contribution in [3.05, 3.63) is 41.9 Å². The summed E-state index contributed by atoms with van der Waals surface area (Å²) in [6, 6.07) is 0. The van der Waals surface area contributed by atoms with Gasteiger partial charge in [0.05, 0.1) is 18.0 Å². The lowest BCUT2D eigenvalue weighted by Crippen LogP contribution is -2.25. The van der Waals surface area contributed by atoms with Gasteiger partial charge in [0.2, 0.25) is 5.95 Å². The van der Waals surface area contributed by atoms with Crippen molar-refractivity contribution in [2.45, 2.75) is 45.3 Å². The molecule has 3 rings (SSSR count). The molecule has 0 spiro atoms. The fraction of sp³-hybridized carbons (Fsp3) is 0.474. The van der Waals surface area contributed by atoms with Gasteiger partial charge in [-0.3, -0.25) is 4.99 Å². The minimum atomic E-state index is -4.55. The number of hydrogen-bond acceptors (Lipinski definition) is 7. The van der Waals surface area contributed by atoms with Crippen LogP contribution in [0.1, 0.15) is 38.6 Å². The van der Waals surface area contributed by atoms with Crippen LogP contribution in [0.5, 0.6) is 0 Å². The minimum Gasteiger partial charge on any atom is -0.403 e. The Morgan fingerprint density at radius 2 is 2.17 bits per heavy atom. The van der Waals surface area contributed by atoms with Gasteiger partial charge in [-0.1, -0.05) is 6.92 Å². The molecule has 0 fully saturated rings. The van der Waals surface area contributed by atoms with Crippen LogP contribution in [0.4, 0.5) is 24.9 Å². The van der Waals surface area contributed by atoms with Crippen molar-refractivity contribution in [1.29, 1.82) is 0 Å². The average Bonchev–Trinajstić information content (AvgIpc) is 3.28. The SMILES string of the molecule is CCNc1nc(N/C(=C/N)C(C)=NC[C@@]2(C)CCn3ccnc32)ncc1C(F)(F)F. The molecule has 8 nitrogen and oxygen atoms in total. The van der Waals surface area contributed by atoms with Crippen molar-refractivity contribution >= 4 is 17.5 Å². The van der Waals surface area contributed by atoms with Crippen molar-refractivity contribution in [3.8, 4) is 0 Å². The summed E-state index contributed by atoms with van der Waals surface area (Å²) in [5, 5.41) is 5.48. The second kappa shape index (κ2) is 8.33. The van der Waals surface area contributed by atoms with E-state index in [-0.39, 0.29) is 23.7 Å². The van der Waals surface area contributed by atoms with Crippen LogP contribution in [0.25, 0.3) is 0 Å². The van der Waals surface area contributed by atoms with Crippen LogP contribution in [-0.2, 0) is 18.1 Å². The zero-order valence-corrected chi connectivity index (χ0v) is 17.1. The number of rotatable bonds is 7. The Balaban J connectivity index is 1.77. The summed E-state index contributed by atoms with van der Waals surface area (Å²) >= 11 is 0. The first-order chi connectivity index (χ1) is 14.2. The van der Waals surface area contributed by atoms with Crippen LogP contribution >= 0.6 is 0 Å². The van der Waals surface area contributed by atoms with Gasteiger partial charge in [-0.05, 0) is 20.3 Å². The molecular weight excluding hydrogens is 397 g/mol. The Morgan fingerprint density at radius 3 is 2.83 bits per heavy atom. The molecule has 0 aromatic carbocycles. The van der Waals surface area contributed by atoms with Crippen LogP contribution in [0.2, 0.25) is 0 Å². The van der Waals surface area contributed by atoms with E-state index in [9.17, 15) is 13.2 Å². The molecule has 1 atom stereocenters. The van der Waals surface area contributed by atoms with E-state index in [1.807, 2.05) is 6.20 Å². The number of anilines is 2. The number of fused-ring (bicyclic) bond motifs is 1. The van der Waals surface area contributed by atoms with Crippen LogP contribution in [-0.4, -0.2) is 38.3 Å². The Bertz CT molecular complexity index is 963. The van der Waals surface area contributed by atoms with E-state index in [1.165, 1.54) is 6.20 Å². The molecule has 1 aliphatic heterocycles. The molecule has 4 N–H and O–H groups in total. The van der Waals surface area contributed by atoms with E-state index < -0.39 is 11.7 Å². The Kier molecular flexibility index (Phi) is 5.99. The summed E-state index contributed by atoms with van der Waals surface area (Å²) < 4.78 is 41.5. The number of nitrogens with zero attached hydrogens (tertiary/aromatic N) is 5. The standard InChI is InChI=1S/C19H25F3N8/c1-4-24-15-13(19(20,21)22)10-26-17(29-15)28-14(9-23)12(2)27-11-18(3)5-7-30-8-6-25-16(18)30/h6,8-10H,4-5,7,11,23H2,1-3H3,(H2,24,26,28,29)/b14-9+,27-12?/t18-/m1/s1. The summed E-state index contributed by atoms with van der Waals surface area (Å²) in [6.07, 6.45) is 2.14. The third kappa shape index (κ3) is 4.39. The summed E-state index contributed by atoms with van der Waals surface area (Å²) in [4.78, 5) is 16.8. The van der Waals surface area contributed by atoms with Crippen molar-refractivity contribution < 1.29 is 13.2 Å². The first kappa shape index (κ1) is 21.6. The fourth-order valence-electron chi connectivity index (χ4n) is 3.34. The number of aryl methyl sites for hydroxylation is 1. The van der Waals surface area contributed by atoms with E-state index in [0.29, 0.717) is 18.0 Å². The molecule has 2 aromatic rings. The number of allylic oxidation sites excluding steroid dienone is 1. The number of halogens is 3. The van der Waals surface area contributed by atoms with Gasteiger partial charge in [-0.2, -0.15) is 18.2 Å². The maximum atomic E-state index is 13.1. The number of imidazole rings is 1. The average molecular weight is 422 g/mol. The molecule has 0 radical (unpaired) electrons. The lowest BCUT2D eigenvalue weighted by molar-refractivity contribution is -0.137. The van der Waals surface area contributed by atoms with Crippen molar-refractivity contribution in [3.63, 3.8) is 0 Å². The van der Waals surface area contributed by atoms with Crippen LogP contribution < -0.4 is 16.4 Å². The highest BCUT2D eigenvalue weighted by atomic mass is 19.4. The third-order valence-electron chi connectivity index (χ3n) is 5.07. The maximum Gasteiger partial charge on any atom is 0.421 e. The van der Waals surface area contributed by atoms with Crippen LogP contribution in [0, 0.1) is 0 Å². The summed E-state index contributed by atoms with van der Waals surface area (Å²) in [5.74, 6) is 0.693. The molecular formula is C19H25F3N8. The van der Waals surface area contributed by atoms with Gasteiger partial charge < -0.3 is 20.9 Å². The van der Waals surface area contributed by atoms with Crippen molar-refractivity contribution in [1.82, 2.24) is 19.5 Å². The van der Waals surface area contributed by atoms with Crippen molar-refractivity contribution in [2.24, 2.45) is 10.7 Å². The first-order valence-electron chi connectivity index (χ1n) is 9.58. The second-order valence-electron chi connectivity index (χ2n) is 7.35. The summed E-state index contributed by atoms with van der Waals surface area (Å²) in [7, 11) is 0. The number of hydrogen-bond donors (Lipinski definition) is 3. The number of nitrogens with two attached hydrogens (primary N) is 1. The van der Waals surface area contributed by atoms with Crippen molar-refractivity contribution in [2.75, 3.05) is 23.7 Å². The van der Waals surface area contributed by atoms with Crippen LogP contribution in [0.3, 0.4) is 0 Å². The first-order valence-corrected chi connectivity index (χ1v) is 9.58. The molecule has 0 amide bonds. The fourth-order valence-corrected chi connectivity index (χ4v) is 3.34. The number of alkyl halides is 3. The highest BCUT2D eigenvalue weighted by Gasteiger charge is 2.36. The maximum absolute atomic E-state index is 13.1. The third-order valence-corrected chi connectivity index (χ3v) is 5.07. The van der Waals surface area contributed by atoms with Gasteiger partial charge in [0, 0.05) is 43.3 Å². The molecule has 0 aliphatic carbocycles. The molecule has 3 heterocycles. The second-order valence-corrected chi connectivity index (χ2v) is 7.35. The smallest absolute Gasteiger partial charge is 0.403 e. The number of aliphatic imine (C=N–C) groups is 1. The predicted octanol–water partition coefficient (Wildman–Crippen LogP) is 3.16. The van der Waals surface area contributed by atoms with E-state index in [0.717, 1.165) is 25.0 Å². The van der Waals surface area contributed by atoms with Crippen LogP contribution in [0.15, 0.2) is 35.5 Å². The molecule has 0 saturated heterocycles. The molecule has 162 valence electrons. The van der Waals surface area contributed by atoms with Gasteiger partial charge in [-0.15, -0.1) is 0 Å². The quantitative estimate of drug-likeness (QED) is 0.592. The van der Waals surface area contributed by atoms with Gasteiger partial charge in [0.1, 0.15) is 17.2 Å². The minimum absolute atomic E-state index is 0.00665. The largest absolute Gasteiger partial charge is 0.421 e. The van der Waals surface area contributed by atoms with Gasteiger partial charge in [0.15, 0.2) is 0 Å². The van der Waals surface area contributed by atoms with E-state index >= 15 is 0 Å². The highest BCUT2D eigenvalue weighted by Crippen LogP contribution is 2.34. The van der Waals surface area contributed by atoms with E-state index in [1.54, 1.807) is 20.0 Å². The van der Waals surface area contributed by atoms with E-state index in [4.69, 9.17) is 5.73 Å². The number of nitrogens with one attached hydrogen (secondary N) is 2. The lowest BCUT2D eigenvalue weighted by Gasteiger charge is -2.20. The monoisotopic (exact) mass is 422 g/mol. The topological polar surface area (TPSA) is 106 Å². The zero-order valence-electron chi connectivity index (χ0n) is 17.1. The predicted molar refractivity (Wildman–Crippen MR) is 109 cm³/mol. The molecule has 2 aromatic heterocycles. The summed E-state index contributed by atoms with van der Waals surface area (Å²) in [5.41, 5.74) is 5.62. The number of aromatic nitrogens is 4. The normalized spacial score (nSPS) is 19.7. The van der Waals surface area contributed by atoms with Gasteiger partial charge in [-0.25, -0.2) is 9.97 Å². The lowest BCUT2D eigenvalue weighted by atomic mass is 9.88. The molecule has 0 saturated carbocycles. The Hall–Kier alpha value is -3.11. The Morgan fingerprint density at radius 1 is 1.40 bits per heavy atom. The molecule has 0 unspecified atom stereocenters. The Labute approximate surface area is 172 Å². The van der Waals surface area contributed by atoms with E-state index in [2.05, 4.69) is 42.1 Å². The molecule has 30 heavy (non-hydrogen) atoms. The zero-order chi connectivity index (χ0) is 21.9. The van der Waals surface area contributed by atoms with Gasteiger partial charge >= 0.3 is 6.18 Å². The molecule has 1 aliphatic rings. The summed E-state index contributed by atoms with van der Waals surface area (Å²) in [6.45, 7) is 7.25. The van der Waals surface area contributed by atoms with Gasteiger partial charge in [0.25, 0.3) is 0 Å².